The van der Waals surface area contributed by atoms with E-state index in [9.17, 15) is 4.79 Å². The van der Waals surface area contributed by atoms with Crippen LogP contribution in [0.5, 0.6) is 0 Å². The predicted octanol–water partition coefficient (Wildman–Crippen LogP) is 1.64. The third kappa shape index (κ3) is 4.05. The van der Waals surface area contributed by atoms with E-state index in [2.05, 4.69) is 31.2 Å². The van der Waals surface area contributed by atoms with Crippen molar-refractivity contribution < 1.29 is 4.79 Å². The second-order valence-electron chi connectivity index (χ2n) is 4.54. The molecule has 1 aromatic heterocycles. The minimum absolute atomic E-state index is 0.247. The van der Waals surface area contributed by atoms with Gasteiger partial charge in [0.2, 0.25) is 11.9 Å². The molecule has 0 unspecified atom stereocenters. The number of amides is 1. The molecule has 1 aromatic rings. The lowest BCUT2D eigenvalue weighted by Crippen LogP contribution is -2.36. The second kappa shape index (κ2) is 6.70. The van der Waals surface area contributed by atoms with Crippen molar-refractivity contribution in [3.05, 3.63) is 10.7 Å². The third-order valence-corrected chi connectivity index (χ3v) is 3.66. The Morgan fingerprint density at radius 1 is 1.47 bits per heavy atom. The average molecular weight is 328 g/mol. The van der Waals surface area contributed by atoms with Crippen molar-refractivity contribution in [1.82, 2.24) is 14.9 Å². The highest BCUT2D eigenvalue weighted by Gasteiger charge is 2.16. The number of rotatable bonds is 5. The highest BCUT2D eigenvalue weighted by molar-refractivity contribution is 9.10. The molecule has 2 rings (SSSR count). The maximum absolute atomic E-state index is 11.6. The normalized spacial score (nSPS) is 15.6. The molecule has 3 N–H and O–H groups in total. The Hall–Kier alpha value is -1.37. The molecular weight excluding hydrogens is 310 g/mol. The quantitative estimate of drug-likeness (QED) is 0.803. The average Bonchev–Trinajstić information content (AvgIpc) is 2.40. The molecule has 0 saturated carbocycles. The largest absolute Gasteiger partial charge is 0.369 e. The van der Waals surface area contributed by atoms with E-state index in [0.717, 1.165) is 43.4 Å². The first-order valence-corrected chi connectivity index (χ1v) is 7.26. The molecule has 1 aliphatic heterocycles. The van der Waals surface area contributed by atoms with Crippen molar-refractivity contribution in [3.8, 4) is 0 Å². The number of piperidine rings is 1. The van der Waals surface area contributed by atoms with Crippen LogP contribution in [0.1, 0.15) is 25.7 Å². The van der Waals surface area contributed by atoms with Crippen LogP contribution in [0.4, 0.5) is 11.8 Å². The van der Waals surface area contributed by atoms with Crippen molar-refractivity contribution >= 4 is 33.6 Å². The number of nitrogen functional groups attached to an aromatic ring is 1. The summed E-state index contributed by atoms with van der Waals surface area (Å²) in [6, 6.07) is 0. The maximum atomic E-state index is 11.6. The molecule has 0 atom stereocenters. The molecule has 0 aromatic carbocycles. The molecule has 0 aliphatic carbocycles. The fourth-order valence-electron chi connectivity index (χ4n) is 2.08. The van der Waals surface area contributed by atoms with E-state index in [4.69, 9.17) is 5.73 Å². The van der Waals surface area contributed by atoms with E-state index in [0.29, 0.717) is 12.2 Å². The SMILES string of the molecule is Nc1ncc(Br)c(NCCCN2CCCCC2=O)n1. The highest BCUT2D eigenvalue weighted by atomic mass is 79.9. The number of nitrogens with one attached hydrogen (secondary N) is 1. The van der Waals surface area contributed by atoms with Gasteiger partial charge in [0.05, 0.1) is 4.47 Å². The van der Waals surface area contributed by atoms with Crippen LogP contribution in [-0.4, -0.2) is 40.4 Å². The number of carbonyl (C=O) groups is 1. The first-order valence-electron chi connectivity index (χ1n) is 6.46. The Morgan fingerprint density at radius 3 is 3.11 bits per heavy atom. The molecule has 1 aliphatic rings. The summed E-state index contributed by atoms with van der Waals surface area (Å²) in [6.07, 6.45) is 5.36. The molecule has 104 valence electrons. The summed E-state index contributed by atoms with van der Waals surface area (Å²) in [5.74, 6) is 1.22. The number of carbonyl (C=O) groups excluding carboxylic acids is 1. The van der Waals surface area contributed by atoms with Gasteiger partial charge in [-0.05, 0) is 35.2 Å². The van der Waals surface area contributed by atoms with Crippen LogP contribution in [0.3, 0.4) is 0 Å². The zero-order valence-corrected chi connectivity index (χ0v) is 12.3. The number of nitrogens with zero attached hydrogens (tertiary/aromatic N) is 3. The van der Waals surface area contributed by atoms with Gasteiger partial charge in [-0.15, -0.1) is 0 Å². The van der Waals surface area contributed by atoms with Crippen molar-refractivity contribution in [1.29, 1.82) is 0 Å². The number of hydrogen-bond acceptors (Lipinski definition) is 5. The van der Waals surface area contributed by atoms with Gasteiger partial charge < -0.3 is 16.0 Å². The monoisotopic (exact) mass is 327 g/mol. The standard InChI is InChI=1S/C12H18BrN5O/c13-9-8-16-12(14)17-11(9)15-5-3-7-18-6-2-1-4-10(18)19/h8H,1-7H2,(H3,14,15,16,17). The molecule has 6 nitrogen and oxygen atoms in total. The second-order valence-corrected chi connectivity index (χ2v) is 5.40. The van der Waals surface area contributed by atoms with Gasteiger partial charge in [0.1, 0.15) is 5.82 Å². The van der Waals surface area contributed by atoms with Crippen LogP contribution in [0.15, 0.2) is 10.7 Å². The number of hydrogen-bond donors (Lipinski definition) is 2. The van der Waals surface area contributed by atoms with Gasteiger partial charge in [-0.1, -0.05) is 0 Å². The van der Waals surface area contributed by atoms with Gasteiger partial charge >= 0.3 is 0 Å². The lowest BCUT2D eigenvalue weighted by atomic mass is 10.1. The van der Waals surface area contributed by atoms with E-state index in [1.54, 1.807) is 6.20 Å². The number of likely N-dealkylation sites (tertiary alicyclic amines) is 1. The summed E-state index contributed by atoms with van der Waals surface area (Å²) in [5, 5.41) is 3.19. The lowest BCUT2D eigenvalue weighted by Gasteiger charge is -2.26. The van der Waals surface area contributed by atoms with Gasteiger partial charge in [-0.2, -0.15) is 4.98 Å². The number of nitrogens with two attached hydrogens (primary N) is 1. The number of anilines is 2. The predicted molar refractivity (Wildman–Crippen MR) is 77.7 cm³/mol. The lowest BCUT2D eigenvalue weighted by molar-refractivity contribution is -0.133. The smallest absolute Gasteiger partial charge is 0.222 e. The summed E-state index contributed by atoms with van der Waals surface area (Å²) < 4.78 is 0.788. The van der Waals surface area contributed by atoms with Crippen molar-refractivity contribution in [2.45, 2.75) is 25.7 Å². The molecule has 2 heterocycles. The minimum atomic E-state index is 0.247. The summed E-state index contributed by atoms with van der Waals surface area (Å²) in [4.78, 5) is 21.5. The highest BCUT2D eigenvalue weighted by Crippen LogP contribution is 2.19. The Bertz CT molecular complexity index is 454. The van der Waals surface area contributed by atoms with Crippen LogP contribution < -0.4 is 11.1 Å². The Labute approximate surface area is 120 Å². The van der Waals surface area contributed by atoms with Crippen molar-refractivity contribution in [2.24, 2.45) is 0 Å². The molecule has 0 spiro atoms. The molecule has 1 amide bonds. The third-order valence-electron chi connectivity index (χ3n) is 3.08. The zero-order chi connectivity index (χ0) is 13.7. The Kier molecular flexibility index (Phi) is 4.95. The molecule has 1 fully saturated rings. The summed E-state index contributed by atoms with van der Waals surface area (Å²) in [5.41, 5.74) is 5.53. The van der Waals surface area contributed by atoms with E-state index >= 15 is 0 Å². The minimum Gasteiger partial charge on any atom is -0.369 e. The van der Waals surface area contributed by atoms with Gasteiger partial charge in [-0.3, -0.25) is 4.79 Å². The molecular formula is C12H18BrN5O. The molecule has 0 bridgehead atoms. The van der Waals surface area contributed by atoms with E-state index in [-0.39, 0.29) is 11.9 Å². The van der Waals surface area contributed by atoms with Crippen LogP contribution in [0.2, 0.25) is 0 Å². The summed E-state index contributed by atoms with van der Waals surface area (Å²) in [6.45, 7) is 2.44. The summed E-state index contributed by atoms with van der Waals surface area (Å²) >= 11 is 3.36. The Morgan fingerprint density at radius 2 is 2.32 bits per heavy atom. The Balaban J connectivity index is 1.74. The van der Waals surface area contributed by atoms with Gasteiger partial charge in [0, 0.05) is 32.3 Å². The van der Waals surface area contributed by atoms with Crippen LogP contribution in [-0.2, 0) is 4.79 Å². The molecule has 7 heteroatoms. The molecule has 19 heavy (non-hydrogen) atoms. The van der Waals surface area contributed by atoms with Crippen molar-refractivity contribution in [2.75, 3.05) is 30.7 Å². The maximum Gasteiger partial charge on any atom is 0.222 e. The topological polar surface area (TPSA) is 84.1 Å². The first-order chi connectivity index (χ1) is 9.16. The first kappa shape index (κ1) is 14.0. The van der Waals surface area contributed by atoms with E-state index in [1.165, 1.54) is 0 Å². The van der Waals surface area contributed by atoms with Crippen molar-refractivity contribution in [3.63, 3.8) is 0 Å². The fraction of sp³-hybridized carbons (Fsp3) is 0.583. The molecule has 1 saturated heterocycles. The fourth-order valence-corrected chi connectivity index (χ4v) is 2.41. The van der Waals surface area contributed by atoms with Gasteiger partial charge in [0.15, 0.2) is 0 Å². The number of aromatic nitrogens is 2. The number of halogens is 1. The van der Waals surface area contributed by atoms with Crippen LogP contribution in [0.25, 0.3) is 0 Å². The van der Waals surface area contributed by atoms with Gasteiger partial charge in [-0.25, -0.2) is 4.98 Å². The summed E-state index contributed by atoms with van der Waals surface area (Å²) in [7, 11) is 0. The van der Waals surface area contributed by atoms with Crippen LogP contribution in [0, 0.1) is 0 Å². The van der Waals surface area contributed by atoms with E-state index < -0.39 is 0 Å². The molecule has 0 radical (unpaired) electrons. The van der Waals surface area contributed by atoms with Gasteiger partial charge in [0.25, 0.3) is 0 Å². The van der Waals surface area contributed by atoms with E-state index in [1.807, 2.05) is 4.90 Å². The zero-order valence-electron chi connectivity index (χ0n) is 10.7. The van der Waals surface area contributed by atoms with Crippen LogP contribution >= 0.6 is 15.9 Å².